The van der Waals surface area contributed by atoms with E-state index in [1.54, 1.807) is 13.8 Å². The predicted octanol–water partition coefficient (Wildman–Crippen LogP) is 4.47. The van der Waals surface area contributed by atoms with Gasteiger partial charge in [0.25, 0.3) is 0 Å². The van der Waals surface area contributed by atoms with Crippen molar-refractivity contribution in [3.63, 3.8) is 0 Å². The fourth-order valence-electron chi connectivity index (χ4n) is 2.18. The van der Waals surface area contributed by atoms with Crippen LogP contribution >= 0.6 is 12.4 Å². The van der Waals surface area contributed by atoms with Crippen molar-refractivity contribution in [3.8, 4) is 0 Å². The van der Waals surface area contributed by atoms with Gasteiger partial charge in [-0.25, -0.2) is 0 Å². The smallest absolute Gasteiger partial charge is 0.311 e. The van der Waals surface area contributed by atoms with Crippen LogP contribution in [0.4, 0.5) is 0 Å². The average Bonchev–Trinajstić information content (AvgIpc) is 2.45. The van der Waals surface area contributed by atoms with Gasteiger partial charge in [0, 0.05) is 13.2 Å². The number of aliphatic carboxylic acids is 1. The molecule has 6 heteroatoms. The first kappa shape index (κ1) is 25.4. The van der Waals surface area contributed by atoms with Crippen LogP contribution in [0.2, 0.25) is 0 Å². The minimum absolute atomic E-state index is 0. The number of hydrogen-bond donors (Lipinski definition) is 1. The van der Waals surface area contributed by atoms with Crippen molar-refractivity contribution in [2.45, 2.75) is 73.1 Å². The quantitative estimate of drug-likeness (QED) is 0.384. The van der Waals surface area contributed by atoms with Crippen LogP contribution in [0.1, 0.15) is 73.1 Å². The molecule has 1 N–H and O–H groups in total. The van der Waals surface area contributed by atoms with Crippen LogP contribution in [0.3, 0.4) is 0 Å². The van der Waals surface area contributed by atoms with Crippen molar-refractivity contribution in [1.29, 1.82) is 0 Å². The Hall–Kier alpha value is -0.810. The van der Waals surface area contributed by atoms with E-state index in [0.717, 1.165) is 32.1 Å². The minimum atomic E-state index is -0.748. The van der Waals surface area contributed by atoms with Crippen molar-refractivity contribution in [2.24, 2.45) is 10.8 Å². The Balaban J connectivity index is 0. The lowest BCUT2D eigenvalue weighted by Gasteiger charge is -2.22. The Labute approximate surface area is 152 Å². The summed E-state index contributed by atoms with van der Waals surface area (Å²) in [6.45, 7) is 10.9. The van der Waals surface area contributed by atoms with E-state index in [1.165, 1.54) is 0 Å². The molecule has 0 saturated heterocycles. The molecule has 0 aliphatic carbocycles. The van der Waals surface area contributed by atoms with Crippen LogP contribution in [0.15, 0.2) is 0 Å². The maximum absolute atomic E-state index is 11.7. The molecule has 0 atom stereocenters. The molecule has 5 nitrogen and oxygen atoms in total. The van der Waals surface area contributed by atoms with Crippen molar-refractivity contribution in [2.75, 3.05) is 19.8 Å². The van der Waals surface area contributed by atoms with E-state index in [1.807, 2.05) is 20.8 Å². The molecule has 0 aromatic rings. The van der Waals surface area contributed by atoms with Crippen LogP contribution < -0.4 is 0 Å². The summed E-state index contributed by atoms with van der Waals surface area (Å²) in [4.78, 5) is 22.7. The zero-order valence-electron chi connectivity index (χ0n) is 15.9. The van der Waals surface area contributed by atoms with Gasteiger partial charge >= 0.3 is 11.9 Å². The fourth-order valence-corrected chi connectivity index (χ4v) is 2.18. The van der Waals surface area contributed by atoms with Gasteiger partial charge in [-0.1, -0.05) is 12.8 Å². The molecule has 0 radical (unpaired) electrons. The van der Waals surface area contributed by atoms with Crippen molar-refractivity contribution >= 4 is 24.3 Å². The monoisotopic (exact) mass is 366 g/mol. The lowest BCUT2D eigenvalue weighted by atomic mass is 9.87. The fraction of sp³-hybridized carbons (Fsp3) is 0.889. The topological polar surface area (TPSA) is 72.8 Å². The van der Waals surface area contributed by atoms with Gasteiger partial charge in [-0.2, -0.15) is 0 Å². The maximum atomic E-state index is 11.7. The van der Waals surface area contributed by atoms with Crippen LogP contribution in [-0.4, -0.2) is 36.9 Å². The second-order valence-corrected chi connectivity index (χ2v) is 7.32. The maximum Gasteiger partial charge on any atom is 0.311 e. The minimum Gasteiger partial charge on any atom is -0.481 e. The molecule has 0 fully saturated rings. The summed E-state index contributed by atoms with van der Waals surface area (Å²) in [5, 5.41) is 9.02. The molecule has 0 unspecified atom stereocenters. The number of carbonyl (C=O) groups is 2. The number of ether oxygens (including phenoxy) is 2. The number of unbranched alkanes of at least 4 members (excludes halogenated alkanes) is 2. The number of esters is 1. The van der Waals surface area contributed by atoms with E-state index in [0.29, 0.717) is 26.2 Å². The summed E-state index contributed by atoms with van der Waals surface area (Å²) in [7, 11) is 0. The Morgan fingerprint density at radius 2 is 1.33 bits per heavy atom. The summed E-state index contributed by atoms with van der Waals surface area (Å²) in [5.74, 6) is -0.885. The van der Waals surface area contributed by atoms with Crippen LogP contribution in [0, 0.1) is 10.8 Å². The van der Waals surface area contributed by atoms with Gasteiger partial charge in [0.1, 0.15) is 0 Å². The van der Waals surface area contributed by atoms with E-state index >= 15 is 0 Å². The van der Waals surface area contributed by atoms with Gasteiger partial charge in [0.05, 0.1) is 17.4 Å². The van der Waals surface area contributed by atoms with Gasteiger partial charge in [-0.05, 0) is 60.3 Å². The first-order chi connectivity index (χ1) is 10.6. The number of carbonyl (C=O) groups excluding carboxylic acids is 1. The van der Waals surface area contributed by atoms with Gasteiger partial charge in [0.2, 0.25) is 0 Å². The molecule has 0 aliphatic rings. The van der Waals surface area contributed by atoms with E-state index in [-0.39, 0.29) is 18.4 Å². The Kier molecular flexibility index (Phi) is 13.3. The van der Waals surface area contributed by atoms with Crippen molar-refractivity contribution in [3.05, 3.63) is 0 Å². The molecular weight excluding hydrogens is 332 g/mol. The summed E-state index contributed by atoms with van der Waals surface area (Å²) >= 11 is 0. The largest absolute Gasteiger partial charge is 0.481 e. The first-order valence-corrected chi connectivity index (χ1v) is 8.62. The van der Waals surface area contributed by atoms with Gasteiger partial charge < -0.3 is 14.6 Å². The highest BCUT2D eigenvalue weighted by molar-refractivity contribution is 5.85. The second kappa shape index (κ2) is 12.5. The number of hydrogen-bond acceptors (Lipinski definition) is 4. The number of carboxylic acids is 1. The molecule has 144 valence electrons. The Morgan fingerprint density at radius 3 is 1.75 bits per heavy atom. The molecule has 0 spiro atoms. The summed E-state index contributed by atoms with van der Waals surface area (Å²) in [6.07, 6.45) is 5.04. The first-order valence-electron chi connectivity index (χ1n) is 8.62. The lowest BCUT2D eigenvalue weighted by Crippen LogP contribution is -2.26. The second-order valence-electron chi connectivity index (χ2n) is 7.32. The third-order valence-electron chi connectivity index (χ3n) is 4.09. The van der Waals surface area contributed by atoms with Crippen LogP contribution in [0.5, 0.6) is 0 Å². The molecular formula is C18H35ClO5. The molecule has 0 bridgehead atoms. The molecule has 24 heavy (non-hydrogen) atoms. The lowest BCUT2D eigenvalue weighted by molar-refractivity contribution is -0.153. The van der Waals surface area contributed by atoms with Crippen molar-refractivity contribution in [1.82, 2.24) is 0 Å². The third kappa shape index (κ3) is 10.9. The predicted molar refractivity (Wildman–Crippen MR) is 97.6 cm³/mol. The van der Waals surface area contributed by atoms with E-state index in [9.17, 15) is 9.59 Å². The van der Waals surface area contributed by atoms with Crippen LogP contribution in [-0.2, 0) is 19.1 Å². The highest BCUT2D eigenvalue weighted by Gasteiger charge is 2.28. The molecule has 0 amide bonds. The Morgan fingerprint density at radius 1 is 0.875 bits per heavy atom. The molecule has 0 aromatic carbocycles. The van der Waals surface area contributed by atoms with Crippen molar-refractivity contribution < 1.29 is 24.2 Å². The Bertz CT molecular complexity index is 366. The normalized spacial score (nSPS) is 11.7. The number of halogens is 1. The summed E-state index contributed by atoms with van der Waals surface area (Å²) in [6, 6.07) is 0. The zero-order valence-corrected chi connectivity index (χ0v) is 16.7. The zero-order chi connectivity index (χ0) is 17.9. The summed E-state index contributed by atoms with van der Waals surface area (Å²) in [5.41, 5.74) is -1.09. The number of carboxylic acid groups (broad SMARTS) is 1. The molecule has 0 saturated carbocycles. The van der Waals surface area contributed by atoms with E-state index in [4.69, 9.17) is 14.6 Å². The SMILES string of the molecule is CCOC(=O)C(C)(C)CCCCOCCCCC(C)(C)C(=O)O.Cl. The van der Waals surface area contributed by atoms with E-state index in [2.05, 4.69) is 0 Å². The molecule has 0 aliphatic heterocycles. The highest BCUT2D eigenvalue weighted by atomic mass is 35.5. The molecule has 0 heterocycles. The average molecular weight is 367 g/mol. The standard InChI is InChI=1S/C18H34O5.ClH/c1-6-23-16(21)18(4,5)12-8-10-14-22-13-9-7-11-17(2,3)15(19)20;/h6-14H2,1-5H3,(H,19,20);1H. The van der Waals surface area contributed by atoms with Gasteiger partial charge in [-0.15, -0.1) is 12.4 Å². The van der Waals surface area contributed by atoms with Gasteiger partial charge in [-0.3, -0.25) is 9.59 Å². The third-order valence-corrected chi connectivity index (χ3v) is 4.09. The molecule has 0 aromatic heterocycles. The molecule has 0 rings (SSSR count). The van der Waals surface area contributed by atoms with Gasteiger partial charge in [0.15, 0.2) is 0 Å². The highest BCUT2D eigenvalue weighted by Crippen LogP contribution is 2.25. The van der Waals surface area contributed by atoms with Crippen LogP contribution in [0.25, 0.3) is 0 Å². The number of rotatable bonds is 13. The van der Waals surface area contributed by atoms with E-state index < -0.39 is 16.8 Å². The summed E-state index contributed by atoms with van der Waals surface area (Å²) < 4.78 is 10.6.